The number of alkyl halides is 3. The number of hydrogen-bond acceptors (Lipinski definition) is 3. The Hall–Kier alpha value is -1.82. The predicted molar refractivity (Wildman–Crippen MR) is 65.8 cm³/mol. The van der Waals surface area contributed by atoms with Gasteiger partial charge in [0.15, 0.2) is 0 Å². The first kappa shape index (κ1) is 13.6. The van der Waals surface area contributed by atoms with E-state index in [2.05, 4.69) is 9.97 Å². The molecule has 1 heterocycles. The molecule has 1 aromatic heterocycles. The largest absolute Gasteiger partial charge is 0.401 e. The van der Waals surface area contributed by atoms with Crippen molar-refractivity contribution in [2.75, 3.05) is 5.73 Å². The summed E-state index contributed by atoms with van der Waals surface area (Å²) in [6.45, 7) is 0. The fraction of sp³-hybridized carbons (Fsp3) is 0.167. The molecule has 0 spiro atoms. The van der Waals surface area contributed by atoms with Crippen LogP contribution in [0.4, 0.5) is 19.1 Å². The molecule has 3 nitrogen and oxygen atoms in total. The summed E-state index contributed by atoms with van der Waals surface area (Å²) < 4.78 is 39.6. The van der Waals surface area contributed by atoms with Crippen molar-refractivity contribution in [3.63, 3.8) is 0 Å². The van der Waals surface area contributed by atoms with E-state index >= 15 is 0 Å². The van der Waals surface area contributed by atoms with Crippen molar-refractivity contribution in [1.82, 2.24) is 9.97 Å². The van der Waals surface area contributed by atoms with Crippen molar-refractivity contribution in [3.8, 4) is 0 Å². The molecule has 0 aliphatic heterocycles. The van der Waals surface area contributed by atoms with Crippen LogP contribution in [0.3, 0.4) is 0 Å². The Morgan fingerprint density at radius 3 is 2.26 bits per heavy atom. The first-order valence-corrected chi connectivity index (χ1v) is 5.67. The van der Waals surface area contributed by atoms with E-state index in [1.165, 1.54) is 24.3 Å². The van der Waals surface area contributed by atoms with Crippen molar-refractivity contribution in [2.45, 2.75) is 12.1 Å². The number of aromatic nitrogens is 2. The standard InChI is InChI=1S/C12H9ClF3N3/c13-9-6-8(18-11(17)19-9)10(12(14,15)16)7-4-2-1-3-5-7/h1-6,10H,(H2,17,18,19). The van der Waals surface area contributed by atoms with Crippen molar-refractivity contribution in [3.05, 3.63) is 52.8 Å². The summed E-state index contributed by atoms with van der Waals surface area (Å²) in [7, 11) is 0. The number of nitrogens with two attached hydrogens (primary N) is 1. The first-order chi connectivity index (χ1) is 8.88. The normalized spacial score (nSPS) is 13.3. The Bertz CT molecular complexity index is 552. The molecule has 0 aliphatic carbocycles. The zero-order chi connectivity index (χ0) is 14.0. The minimum Gasteiger partial charge on any atom is -0.368 e. The maximum atomic E-state index is 13.2. The number of halogens is 4. The minimum absolute atomic E-state index is 0.0733. The topological polar surface area (TPSA) is 51.8 Å². The van der Waals surface area contributed by atoms with Crippen LogP contribution in [0.5, 0.6) is 0 Å². The molecule has 0 saturated heterocycles. The molecule has 0 fully saturated rings. The average Bonchev–Trinajstić information content (AvgIpc) is 2.27. The molecule has 100 valence electrons. The fourth-order valence-electron chi connectivity index (χ4n) is 1.77. The van der Waals surface area contributed by atoms with Crippen LogP contribution in [0.1, 0.15) is 17.2 Å². The van der Waals surface area contributed by atoms with Crippen LogP contribution in [0, 0.1) is 0 Å². The Morgan fingerprint density at radius 1 is 1.11 bits per heavy atom. The molecule has 1 unspecified atom stereocenters. The highest BCUT2D eigenvalue weighted by Gasteiger charge is 2.43. The molecule has 19 heavy (non-hydrogen) atoms. The van der Waals surface area contributed by atoms with Crippen LogP contribution in [0.25, 0.3) is 0 Å². The van der Waals surface area contributed by atoms with Gasteiger partial charge in [0.05, 0.1) is 5.69 Å². The number of rotatable bonds is 2. The molecule has 1 atom stereocenters. The SMILES string of the molecule is Nc1nc(Cl)cc(C(c2ccccc2)C(F)(F)F)n1. The molecule has 0 amide bonds. The summed E-state index contributed by atoms with van der Waals surface area (Å²) in [6.07, 6.45) is -4.49. The van der Waals surface area contributed by atoms with Crippen LogP contribution < -0.4 is 5.73 Å². The molecule has 0 aliphatic rings. The lowest BCUT2D eigenvalue weighted by Gasteiger charge is -2.20. The van der Waals surface area contributed by atoms with Gasteiger partial charge in [-0.25, -0.2) is 9.97 Å². The third kappa shape index (κ3) is 3.14. The lowest BCUT2D eigenvalue weighted by molar-refractivity contribution is -0.141. The van der Waals surface area contributed by atoms with Crippen LogP contribution in [-0.4, -0.2) is 16.1 Å². The van der Waals surface area contributed by atoms with Gasteiger partial charge in [-0.2, -0.15) is 13.2 Å². The van der Waals surface area contributed by atoms with Crippen molar-refractivity contribution in [1.29, 1.82) is 0 Å². The maximum absolute atomic E-state index is 13.2. The molecule has 0 saturated carbocycles. The van der Waals surface area contributed by atoms with Crippen LogP contribution in [0.2, 0.25) is 5.15 Å². The van der Waals surface area contributed by atoms with Gasteiger partial charge in [-0.05, 0) is 11.6 Å². The summed E-state index contributed by atoms with van der Waals surface area (Å²) >= 11 is 5.63. The molecular weight excluding hydrogens is 279 g/mol. The van der Waals surface area contributed by atoms with Gasteiger partial charge in [-0.15, -0.1) is 0 Å². The summed E-state index contributed by atoms with van der Waals surface area (Å²) in [5.41, 5.74) is 5.15. The van der Waals surface area contributed by atoms with E-state index in [-0.39, 0.29) is 22.4 Å². The second kappa shape index (κ2) is 5.05. The van der Waals surface area contributed by atoms with E-state index in [1.54, 1.807) is 6.07 Å². The van der Waals surface area contributed by atoms with E-state index in [1.807, 2.05) is 0 Å². The molecule has 2 rings (SSSR count). The highest BCUT2D eigenvalue weighted by molar-refractivity contribution is 6.29. The lowest BCUT2D eigenvalue weighted by atomic mass is 9.95. The van der Waals surface area contributed by atoms with E-state index in [0.29, 0.717) is 0 Å². The van der Waals surface area contributed by atoms with Gasteiger partial charge in [0.2, 0.25) is 5.95 Å². The van der Waals surface area contributed by atoms with Gasteiger partial charge in [0.25, 0.3) is 0 Å². The van der Waals surface area contributed by atoms with E-state index in [9.17, 15) is 13.2 Å². The molecule has 1 aromatic carbocycles. The van der Waals surface area contributed by atoms with Gasteiger partial charge < -0.3 is 5.73 Å². The van der Waals surface area contributed by atoms with Crippen molar-refractivity contribution >= 4 is 17.5 Å². The van der Waals surface area contributed by atoms with E-state index < -0.39 is 12.1 Å². The van der Waals surface area contributed by atoms with E-state index in [4.69, 9.17) is 17.3 Å². The Morgan fingerprint density at radius 2 is 1.74 bits per heavy atom. The van der Waals surface area contributed by atoms with Crippen LogP contribution in [0.15, 0.2) is 36.4 Å². The van der Waals surface area contributed by atoms with Crippen molar-refractivity contribution in [2.24, 2.45) is 0 Å². The summed E-state index contributed by atoms with van der Waals surface area (Å²) in [4.78, 5) is 7.20. The molecule has 0 bridgehead atoms. The molecule has 7 heteroatoms. The zero-order valence-corrected chi connectivity index (χ0v) is 10.3. The summed E-state index contributed by atoms with van der Waals surface area (Å²) in [5, 5.41) is -0.118. The maximum Gasteiger partial charge on any atom is 0.401 e. The Balaban J connectivity index is 2.56. The zero-order valence-electron chi connectivity index (χ0n) is 9.53. The van der Waals surface area contributed by atoms with Gasteiger partial charge in [-0.1, -0.05) is 41.9 Å². The molecule has 2 N–H and O–H groups in total. The fourth-order valence-corrected chi connectivity index (χ4v) is 1.97. The summed E-state index contributed by atoms with van der Waals surface area (Å²) in [6, 6.07) is 8.52. The minimum atomic E-state index is -4.49. The Kier molecular flexibility index (Phi) is 3.61. The summed E-state index contributed by atoms with van der Waals surface area (Å²) in [5.74, 6) is -2.16. The predicted octanol–water partition coefficient (Wildman–Crippen LogP) is 3.41. The molecular formula is C12H9ClF3N3. The second-order valence-corrected chi connectivity index (χ2v) is 4.25. The van der Waals surface area contributed by atoms with Crippen LogP contribution in [-0.2, 0) is 0 Å². The van der Waals surface area contributed by atoms with Gasteiger partial charge in [-0.3, -0.25) is 0 Å². The lowest BCUT2D eigenvalue weighted by Crippen LogP contribution is -2.23. The van der Waals surface area contributed by atoms with E-state index in [0.717, 1.165) is 6.07 Å². The third-order valence-corrected chi connectivity index (χ3v) is 2.68. The Labute approximate surface area is 112 Å². The second-order valence-electron chi connectivity index (χ2n) is 3.86. The third-order valence-electron chi connectivity index (χ3n) is 2.49. The monoisotopic (exact) mass is 287 g/mol. The number of nitrogen functional groups attached to an aromatic ring is 1. The number of nitrogens with zero attached hydrogens (tertiary/aromatic N) is 2. The highest BCUT2D eigenvalue weighted by Crippen LogP contribution is 2.39. The van der Waals surface area contributed by atoms with Gasteiger partial charge >= 0.3 is 6.18 Å². The molecule has 2 aromatic rings. The van der Waals surface area contributed by atoms with Crippen molar-refractivity contribution < 1.29 is 13.2 Å². The first-order valence-electron chi connectivity index (χ1n) is 5.29. The smallest absolute Gasteiger partial charge is 0.368 e. The quantitative estimate of drug-likeness (QED) is 0.861. The number of hydrogen-bond donors (Lipinski definition) is 1. The number of benzene rings is 1. The average molecular weight is 288 g/mol. The van der Waals surface area contributed by atoms with Crippen LogP contribution >= 0.6 is 11.6 Å². The molecule has 0 radical (unpaired) electrons. The number of anilines is 1. The van der Waals surface area contributed by atoms with Gasteiger partial charge in [0, 0.05) is 0 Å². The highest BCUT2D eigenvalue weighted by atomic mass is 35.5. The van der Waals surface area contributed by atoms with Gasteiger partial charge in [0.1, 0.15) is 11.1 Å².